The molecule has 0 aromatic rings. The molecule has 13 atom stereocenters. The number of rotatable bonds is 5. The van der Waals surface area contributed by atoms with Gasteiger partial charge >= 0.3 is 0 Å². The van der Waals surface area contributed by atoms with Crippen molar-refractivity contribution in [2.45, 2.75) is 106 Å². The maximum atomic E-state index is 11.0. The lowest BCUT2D eigenvalue weighted by atomic mass is 9.84. The quantitative estimate of drug-likeness (QED) is 0.165. The van der Waals surface area contributed by atoms with Crippen LogP contribution in [0.4, 0.5) is 0 Å². The molecule has 2 saturated heterocycles. The van der Waals surface area contributed by atoms with Crippen LogP contribution in [-0.2, 0) is 18.9 Å². The van der Waals surface area contributed by atoms with E-state index in [2.05, 4.69) is 0 Å². The van der Waals surface area contributed by atoms with Gasteiger partial charge in [-0.05, 0) is 26.2 Å². The van der Waals surface area contributed by atoms with E-state index in [9.17, 15) is 15.3 Å². The molecule has 3 fully saturated rings. The van der Waals surface area contributed by atoms with Gasteiger partial charge in [-0.1, -0.05) is 0 Å². The minimum atomic E-state index is -1.40. The number of hydrogen-bond acceptors (Lipinski definition) is 12. The van der Waals surface area contributed by atoms with Crippen LogP contribution in [-0.4, -0.2) is 101 Å². The van der Waals surface area contributed by atoms with Gasteiger partial charge in [0.05, 0.1) is 24.3 Å². The summed E-state index contributed by atoms with van der Waals surface area (Å²) in [7, 11) is 0. The molecule has 2 heterocycles. The molecule has 0 radical (unpaired) electrons. The Labute approximate surface area is 236 Å². The van der Waals surface area contributed by atoms with Crippen LogP contribution < -0.4 is 28.7 Å². The van der Waals surface area contributed by atoms with Crippen LogP contribution in [0.25, 0.3) is 0 Å². The Morgan fingerprint density at radius 1 is 0.714 bits per heavy atom. The Morgan fingerprint density at radius 3 is 1.74 bits per heavy atom. The van der Waals surface area contributed by atoms with E-state index in [1.807, 2.05) is 0 Å². The molecule has 216 valence electrons. The molecule has 1 aliphatic carbocycles. The Morgan fingerprint density at radius 2 is 1.23 bits per heavy atom. The van der Waals surface area contributed by atoms with Crippen LogP contribution in [0.1, 0.15) is 26.2 Å². The van der Waals surface area contributed by atoms with E-state index < -0.39 is 67.3 Å². The summed E-state index contributed by atoms with van der Waals surface area (Å²) in [6, 6.07) is -2.39. The van der Waals surface area contributed by atoms with Crippen LogP contribution >= 0.6 is 62.0 Å². The van der Waals surface area contributed by atoms with E-state index >= 15 is 0 Å². The predicted octanol–water partition coefficient (Wildman–Crippen LogP) is -2.13. The second kappa shape index (κ2) is 17.5. The van der Waals surface area contributed by atoms with Crippen LogP contribution in [0.5, 0.6) is 0 Å². The summed E-state index contributed by atoms with van der Waals surface area (Å²) in [5.41, 5.74) is 30.0. The lowest BCUT2D eigenvalue weighted by Crippen LogP contribution is -2.67. The second-order valence-electron chi connectivity index (χ2n) is 8.63. The number of hydrogen-bond donors (Lipinski definition) is 8. The number of ether oxygens (including phenoxy) is 4. The SMILES string of the molecule is C[C@H]1O[C@H](O[C@@H]2[C@@H](O)[C@H](O[C@H]3O[C@H](CN)CC[C@H]3N)[C@@H](N)C[C@H]2N)[C@H](O)[C@@H](O)[C@@H]1N.Cl.Cl.Cl.Cl.Cl. The normalized spacial score (nSPS) is 45.3. The molecule has 12 nitrogen and oxygen atoms in total. The Hall–Kier alpha value is 0.970. The van der Waals surface area contributed by atoms with E-state index in [-0.39, 0.29) is 80.6 Å². The number of nitrogens with two attached hydrogens (primary N) is 5. The van der Waals surface area contributed by atoms with Crippen molar-refractivity contribution in [2.24, 2.45) is 28.7 Å². The standard InChI is InChI=1S/C18H37N5O7.5ClH/c1-6-11(23)12(24)13(25)18(27-6)30-16-10(22)4-9(21)15(14(16)26)29-17-8(20)3-2-7(5-19)28-17;;;;;/h6-18,24-26H,2-5,19-23H2,1H3;5*1H/t6-,7+,8-,9+,10-,11-,12+,13-,14+,15-,16+,17-,18-;;;;;/m1...../s1. The van der Waals surface area contributed by atoms with Gasteiger partial charge < -0.3 is 62.9 Å². The first kappa shape index (κ1) is 40.5. The fourth-order valence-corrected chi connectivity index (χ4v) is 4.29. The smallest absolute Gasteiger partial charge is 0.186 e. The minimum Gasteiger partial charge on any atom is -0.388 e. The van der Waals surface area contributed by atoms with E-state index in [1.54, 1.807) is 6.92 Å². The second-order valence-corrected chi connectivity index (χ2v) is 8.63. The van der Waals surface area contributed by atoms with Gasteiger partial charge in [-0.25, -0.2) is 0 Å². The summed E-state index contributed by atoms with van der Waals surface area (Å²) in [4.78, 5) is 0. The average Bonchev–Trinajstić information content (AvgIpc) is 2.71. The third-order valence-electron chi connectivity index (χ3n) is 6.32. The number of aliphatic hydroxyl groups excluding tert-OH is 3. The molecular weight excluding hydrogens is 575 g/mol. The number of halogens is 5. The van der Waals surface area contributed by atoms with Crippen molar-refractivity contribution >= 4 is 62.0 Å². The molecule has 0 amide bonds. The van der Waals surface area contributed by atoms with Crippen molar-refractivity contribution in [3.63, 3.8) is 0 Å². The summed E-state index contributed by atoms with van der Waals surface area (Å²) in [5.74, 6) is 0. The van der Waals surface area contributed by atoms with Crippen molar-refractivity contribution in [1.82, 2.24) is 0 Å². The Balaban J connectivity index is -0.00000205. The van der Waals surface area contributed by atoms with Gasteiger partial charge in [-0.3, -0.25) is 0 Å². The first-order valence-corrected chi connectivity index (χ1v) is 10.5. The first-order chi connectivity index (χ1) is 14.1. The van der Waals surface area contributed by atoms with Crippen molar-refractivity contribution in [3.05, 3.63) is 0 Å². The summed E-state index contributed by atoms with van der Waals surface area (Å²) >= 11 is 0. The van der Waals surface area contributed by atoms with Crippen molar-refractivity contribution in [3.8, 4) is 0 Å². The first-order valence-electron chi connectivity index (χ1n) is 10.5. The maximum Gasteiger partial charge on any atom is 0.186 e. The molecule has 35 heavy (non-hydrogen) atoms. The zero-order chi connectivity index (χ0) is 22.2. The van der Waals surface area contributed by atoms with E-state index in [1.165, 1.54) is 0 Å². The van der Waals surface area contributed by atoms with Crippen molar-refractivity contribution in [2.75, 3.05) is 6.54 Å². The highest BCUT2D eigenvalue weighted by Gasteiger charge is 2.49. The zero-order valence-corrected chi connectivity index (χ0v) is 23.3. The predicted molar refractivity (Wildman–Crippen MR) is 142 cm³/mol. The fourth-order valence-electron chi connectivity index (χ4n) is 4.29. The van der Waals surface area contributed by atoms with Crippen LogP contribution in [0, 0.1) is 0 Å². The van der Waals surface area contributed by atoms with Crippen LogP contribution in [0.15, 0.2) is 0 Å². The van der Waals surface area contributed by atoms with E-state index in [0.717, 1.165) is 6.42 Å². The molecular formula is C18H42Cl5N5O7. The van der Waals surface area contributed by atoms with Gasteiger partial charge in [0, 0.05) is 18.6 Å². The number of aliphatic hydroxyl groups is 3. The third kappa shape index (κ3) is 9.29. The highest BCUT2D eigenvalue weighted by molar-refractivity contribution is 5.86. The molecule has 3 aliphatic rings. The summed E-state index contributed by atoms with van der Waals surface area (Å²) in [6.45, 7) is 1.99. The highest BCUT2D eigenvalue weighted by atomic mass is 35.5. The Bertz CT molecular complexity index is 584. The molecule has 1 saturated carbocycles. The molecule has 0 aromatic carbocycles. The summed E-state index contributed by atoms with van der Waals surface area (Å²) in [5, 5.41) is 31.4. The Kier molecular flexibility index (Phi) is 20.3. The largest absolute Gasteiger partial charge is 0.388 e. The summed E-state index contributed by atoms with van der Waals surface area (Å²) < 4.78 is 23.2. The van der Waals surface area contributed by atoms with E-state index in [0.29, 0.717) is 13.0 Å². The summed E-state index contributed by atoms with van der Waals surface area (Å²) in [6.07, 6.45) is -6.77. The lowest BCUT2D eigenvalue weighted by Gasteiger charge is -2.47. The monoisotopic (exact) mass is 615 g/mol. The topological polar surface area (TPSA) is 228 Å². The zero-order valence-electron chi connectivity index (χ0n) is 19.2. The molecule has 0 aromatic heterocycles. The lowest BCUT2D eigenvalue weighted by molar-refractivity contribution is -0.309. The van der Waals surface area contributed by atoms with Gasteiger partial charge in [0.25, 0.3) is 0 Å². The highest BCUT2D eigenvalue weighted by Crippen LogP contribution is 2.30. The molecule has 13 N–H and O–H groups in total. The molecule has 0 unspecified atom stereocenters. The van der Waals surface area contributed by atoms with Crippen LogP contribution in [0.3, 0.4) is 0 Å². The van der Waals surface area contributed by atoms with Gasteiger partial charge in [-0.2, -0.15) is 0 Å². The maximum absolute atomic E-state index is 11.0. The van der Waals surface area contributed by atoms with Crippen molar-refractivity contribution < 1.29 is 34.3 Å². The molecule has 17 heteroatoms. The third-order valence-corrected chi connectivity index (χ3v) is 6.32. The van der Waals surface area contributed by atoms with Gasteiger partial charge in [0.1, 0.15) is 30.5 Å². The average molecular weight is 618 g/mol. The van der Waals surface area contributed by atoms with Gasteiger partial charge in [-0.15, -0.1) is 62.0 Å². The van der Waals surface area contributed by atoms with Gasteiger partial charge in [0.2, 0.25) is 0 Å². The van der Waals surface area contributed by atoms with E-state index in [4.69, 9.17) is 47.6 Å². The fraction of sp³-hybridized carbons (Fsp3) is 1.00. The van der Waals surface area contributed by atoms with Crippen LogP contribution in [0.2, 0.25) is 0 Å². The molecule has 0 bridgehead atoms. The minimum absolute atomic E-state index is 0. The molecule has 2 aliphatic heterocycles. The molecule has 3 rings (SSSR count). The van der Waals surface area contributed by atoms with Crippen molar-refractivity contribution in [1.29, 1.82) is 0 Å². The molecule has 0 spiro atoms. The van der Waals surface area contributed by atoms with Gasteiger partial charge in [0.15, 0.2) is 12.6 Å².